The average molecular weight is 181 g/mol. The van der Waals surface area contributed by atoms with Crippen molar-refractivity contribution in [2.75, 3.05) is 6.54 Å². The predicted octanol–water partition coefficient (Wildman–Crippen LogP) is 0.773. The second kappa shape index (κ2) is 3.98. The molecule has 1 rings (SSSR count). The van der Waals surface area contributed by atoms with E-state index in [9.17, 15) is 4.79 Å². The first-order valence-corrected chi connectivity index (χ1v) is 4.27. The van der Waals surface area contributed by atoms with E-state index in [2.05, 4.69) is 22.0 Å². The highest BCUT2D eigenvalue weighted by molar-refractivity contribution is 5.71. The summed E-state index contributed by atoms with van der Waals surface area (Å²) in [4.78, 5) is 10.4. The van der Waals surface area contributed by atoms with E-state index in [0.29, 0.717) is 6.54 Å². The maximum Gasteiger partial charge on any atom is 0.312 e. The van der Waals surface area contributed by atoms with Crippen LogP contribution in [0.15, 0.2) is 12.1 Å². The van der Waals surface area contributed by atoms with Crippen LogP contribution < -0.4 is 11.1 Å². The molecular weight excluding hydrogens is 166 g/mol. The number of hydrogen-bond donors (Lipinski definition) is 2. The summed E-state index contributed by atoms with van der Waals surface area (Å²) < 4.78 is 2.13. The molecule has 72 valence electrons. The summed E-state index contributed by atoms with van der Waals surface area (Å²) in [5.74, 6) is 0. The lowest BCUT2D eigenvalue weighted by Gasteiger charge is -2.08. The van der Waals surface area contributed by atoms with Crippen molar-refractivity contribution in [2.24, 2.45) is 5.73 Å². The maximum atomic E-state index is 10.4. The van der Waals surface area contributed by atoms with Crippen LogP contribution in [0.2, 0.25) is 0 Å². The normalized spacial score (nSPS) is 10.0. The van der Waals surface area contributed by atoms with Crippen LogP contribution in [-0.4, -0.2) is 17.1 Å². The van der Waals surface area contributed by atoms with Crippen molar-refractivity contribution in [3.63, 3.8) is 0 Å². The molecule has 0 saturated heterocycles. The van der Waals surface area contributed by atoms with Crippen LogP contribution in [-0.2, 0) is 6.54 Å². The smallest absolute Gasteiger partial charge is 0.312 e. The van der Waals surface area contributed by atoms with E-state index in [1.165, 1.54) is 11.4 Å². The van der Waals surface area contributed by atoms with Crippen molar-refractivity contribution in [1.82, 2.24) is 9.88 Å². The van der Waals surface area contributed by atoms with Gasteiger partial charge in [-0.2, -0.15) is 0 Å². The molecule has 13 heavy (non-hydrogen) atoms. The summed E-state index contributed by atoms with van der Waals surface area (Å²) in [5, 5.41) is 2.56. The molecule has 0 aliphatic carbocycles. The molecule has 0 unspecified atom stereocenters. The topological polar surface area (TPSA) is 60.1 Å². The number of aryl methyl sites for hydroxylation is 2. The van der Waals surface area contributed by atoms with Gasteiger partial charge in [0.05, 0.1) is 0 Å². The zero-order chi connectivity index (χ0) is 9.84. The van der Waals surface area contributed by atoms with Crippen LogP contribution in [0.5, 0.6) is 0 Å². The van der Waals surface area contributed by atoms with E-state index in [1.54, 1.807) is 0 Å². The van der Waals surface area contributed by atoms with E-state index in [-0.39, 0.29) is 0 Å². The highest BCUT2D eigenvalue weighted by Crippen LogP contribution is 2.05. The standard InChI is InChI=1S/C9H15N3O/c1-7-3-4-8(2)12(7)6-5-11-9(10)13/h3-4H,5-6H2,1-2H3,(H3,10,11,13). The Hall–Kier alpha value is -1.45. The zero-order valence-corrected chi connectivity index (χ0v) is 8.00. The highest BCUT2D eigenvalue weighted by Gasteiger charge is 2.00. The van der Waals surface area contributed by atoms with Crippen molar-refractivity contribution in [3.8, 4) is 0 Å². The van der Waals surface area contributed by atoms with Crippen LogP contribution >= 0.6 is 0 Å². The largest absolute Gasteiger partial charge is 0.352 e. The van der Waals surface area contributed by atoms with Gasteiger partial charge in [-0.3, -0.25) is 0 Å². The molecule has 0 bridgehead atoms. The van der Waals surface area contributed by atoms with E-state index < -0.39 is 6.03 Å². The monoisotopic (exact) mass is 181 g/mol. The van der Waals surface area contributed by atoms with Gasteiger partial charge in [-0.05, 0) is 26.0 Å². The number of carbonyl (C=O) groups is 1. The molecule has 0 atom stereocenters. The van der Waals surface area contributed by atoms with Gasteiger partial charge in [-0.1, -0.05) is 0 Å². The zero-order valence-electron chi connectivity index (χ0n) is 8.00. The minimum absolute atomic E-state index is 0.470. The molecular formula is C9H15N3O. The van der Waals surface area contributed by atoms with Gasteiger partial charge in [0.25, 0.3) is 0 Å². The molecule has 3 N–H and O–H groups in total. The number of urea groups is 1. The van der Waals surface area contributed by atoms with Crippen molar-refractivity contribution in [2.45, 2.75) is 20.4 Å². The first-order valence-electron chi connectivity index (χ1n) is 4.27. The molecule has 4 nitrogen and oxygen atoms in total. The molecule has 0 fully saturated rings. The molecule has 0 radical (unpaired) electrons. The number of nitrogens with one attached hydrogen (secondary N) is 1. The van der Waals surface area contributed by atoms with Gasteiger partial charge < -0.3 is 15.6 Å². The molecule has 0 saturated carbocycles. The van der Waals surface area contributed by atoms with Crippen LogP contribution in [0.3, 0.4) is 0 Å². The van der Waals surface area contributed by atoms with Gasteiger partial charge in [0, 0.05) is 24.5 Å². The Balaban J connectivity index is 2.49. The Labute approximate surface area is 77.7 Å². The van der Waals surface area contributed by atoms with Gasteiger partial charge in [0.2, 0.25) is 0 Å². The van der Waals surface area contributed by atoms with Gasteiger partial charge in [0.15, 0.2) is 0 Å². The molecule has 1 aromatic rings. The van der Waals surface area contributed by atoms with Gasteiger partial charge in [-0.15, -0.1) is 0 Å². The molecule has 1 aromatic heterocycles. The quantitative estimate of drug-likeness (QED) is 0.711. The summed E-state index contributed by atoms with van der Waals surface area (Å²) in [6.45, 7) is 5.42. The third kappa shape index (κ3) is 2.50. The Bertz CT molecular complexity index is 284. The third-order valence-corrected chi connectivity index (χ3v) is 2.05. The SMILES string of the molecule is Cc1ccc(C)n1CCNC(N)=O. The Morgan fingerprint density at radius 1 is 1.46 bits per heavy atom. The number of aromatic nitrogens is 1. The van der Waals surface area contributed by atoms with E-state index >= 15 is 0 Å². The number of nitrogens with two attached hydrogens (primary N) is 1. The Morgan fingerprint density at radius 2 is 2.00 bits per heavy atom. The van der Waals surface area contributed by atoms with Crippen LogP contribution in [0.4, 0.5) is 4.79 Å². The number of primary amides is 1. The Kier molecular flexibility index (Phi) is 2.95. The number of carbonyl (C=O) groups excluding carboxylic acids is 1. The molecule has 0 aliphatic rings. The molecule has 0 spiro atoms. The summed E-state index contributed by atoms with van der Waals surface area (Å²) in [5.41, 5.74) is 7.34. The number of hydrogen-bond acceptors (Lipinski definition) is 1. The van der Waals surface area contributed by atoms with E-state index in [0.717, 1.165) is 6.54 Å². The number of amides is 2. The maximum absolute atomic E-state index is 10.4. The predicted molar refractivity (Wildman–Crippen MR) is 51.5 cm³/mol. The van der Waals surface area contributed by atoms with Gasteiger partial charge >= 0.3 is 6.03 Å². The van der Waals surface area contributed by atoms with Crippen LogP contribution in [0, 0.1) is 13.8 Å². The highest BCUT2D eigenvalue weighted by atomic mass is 16.2. The second-order valence-corrected chi connectivity index (χ2v) is 3.06. The fourth-order valence-electron chi connectivity index (χ4n) is 1.34. The number of nitrogens with zero attached hydrogens (tertiary/aromatic N) is 1. The summed E-state index contributed by atoms with van der Waals surface area (Å²) in [6.07, 6.45) is 0. The fourth-order valence-corrected chi connectivity index (χ4v) is 1.34. The first-order chi connectivity index (χ1) is 6.11. The molecule has 4 heteroatoms. The average Bonchev–Trinajstić information content (AvgIpc) is 2.34. The van der Waals surface area contributed by atoms with Crippen LogP contribution in [0.25, 0.3) is 0 Å². The first kappa shape index (κ1) is 9.64. The lowest BCUT2D eigenvalue weighted by atomic mass is 10.5. The lowest BCUT2D eigenvalue weighted by molar-refractivity contribution is 0.248. The van der Waals surface area contributed by atoms with Crippen molar-refractivity contribution in [1.29, 1.82) is 0 Å². The summed E-state index contributed by atoms with van der Waals surface area (Å²) in [6, 6.07) is 3.64. The summed E-state index contributed by atoms with van der Waals surface area (Å²) in [7, 11) is 0. The molecule has 0 aliphatic heterocycles. The van der Waals surface area contributed by atoms with Gasteiger partial charge in [-0.25, -0.2) is 4.79 Å². The molecule has 1 heterocycles. The van der Waals surface area contributed by atoms with Crippen molar-refractivity contribution >= 4 is 6.03 Å². The molecule has 2 amide bonds. The number of rotatable bonds is 3. The third-order valence-electron chi connectivity index (χ3n) is 2.05. The lowest BCUT2D eigenvalue weighted by Crippen LogP contribution is -2.32. The summed E-state index contributed by atoms with van der Waals surface area (Å²) >= 11 is 0. The molecule has 0 aromatic carbocycles. The fraction of sp³-hybridized carbons (Fsp3) is 0.444. The van der Waals surface area contributed by atoms with E-state index in [1.807, 2.05) is 13.8 Å². The van der Waals surface area contributed by atoms with Gasteiger partial charge in [0.1, 0.15) is 0 Å². The second-order valence-electron chi connectivity index (χ2n) is 3.06. The van der Waals surface area contributed by atoms with Crippen LogP contribution in [0.1, 0.15) is 11.4 Å². The minimum Gasteiger partial charge on any atom is -0.352 e. The van der Waals surface area contributed by atoms with E-state index in [4.69, 9.17) is 5.73 Å². The van der Waals surface area contributed by atoms with Crippen molar-refractivity contribution < 1.29 is 4.79 Å². The Morgan fingerprint density at radius 3 is 2.46 bits per heavy atom. The van der Waals surface area contributed by atoms with Crippen molar-refractivity contribution in [3.05, 3.63) is 23.5 Å². The minimum atomic E-state index is -0.470.